The number of amides is 2. The van der Waals surface area contributed by atoms with E-state index in [1.54, 1.807) is 13.2 Å². The molecule has 0 atom stereocenters. The Morgan fingerprint density at radius 2 is 1.95 bits per heavy atom. The van der Waals surface area contributed by atoms with Crippen molar-refractivity contribution in [3.8, 4) is 11.5 Å². The van der Waals surface area contributed by atoms with Gasteiger partial charge < -0.3 is 24.8 Å². The van der Waals surface area contributed by atoms with Gasteiger partial charge in [0.2, 0.25) is 18.6 Å². The van der Waals surface area contributed by atoms with Gasteiger partial charge in [-0.3, -0.25) is 9.59 Å². The Morgan fingerprint density at radius 1 is 1.18 bits per heavy atom. The zero-order valence-electron chi connectivity index (χ0n) is 12.5. The van der Waals surface area contributed by atoms with Crippen LogP contribution < -0.4 is 20.1 Å². The molecule has 1 aromatic carbocycles. The third-order valence-corrected chi connectivity index (χ3v) is 3.10. The molecule has 0 saturated heterocycles. The number of nitrogens with one attached hydrogen (secondary N) is 2. The van der Waals surface area contributed by atoms with Crippen LogP contribution in [-0.4, -0.2) is 38.9 Å². The lowest BCUT2D eigenvalue weighted by Gasteiger charge is -2.07. The quantitative estimate of drug-likeness (QED) is 0.542. The molecular formula is C15H20N2O5. The van der Waals surface area contributed by atoms with Gasteiger partial charge in [0.05, 0.1) is 0 Å². The first-order valence-corrected chi connectivity index (χ1v) is 7.10. The maximum absolute atomic E-state index is 11.7. The summed E-state index contributed by atoms with van der Waals surface area (Å²) in [5.74, 6) is 0.759. The van der Waals surface area contributed by atoms with Crippen LogP contribution >= 0.6 is 0 Å². The number of hydrogen-bond acceptors (Lipinski definition) is 5. The van der Waals surface area contributed by atoms with Gasteiger partial charge in [0, 0.05) is 26.8 Å². The number of ether oxygens (including phenoxy) is 3. The van der Waals surface area contributed by atoms with Crippen LogP contribution in [0.5, 0.6) is 11.5 Å². The smallest absolute Gasteiger partial charge is 0.231 e. The molecule has 1 aliphatic heterocycles. The molecule has 0 aromatic heterocycles. The molecule has 0 aliphatic carbocycles. The second-order valence-corrected chi connectivity index (χ2v) is 4.84. The van der Waals surface area contributed by atoms with Crippen molar-refractivity contribution in [1.82, 2.24) is 10.6 Å². The summed E-state index contributed by atoms with van der Waals surface area (Å²) in [6.45, 7) is 1.64. The normalized spacial score (nSPS) is 12.0. The highest BCUT2D eigenvalue weighted by atomic mass is 16.7. The van der Waals surface area contributed by atoms with Crippen LogP contribution in [0, 0.1) is 0 Å². The number of carbonyl (C=O) groups is 2. The summed E-state index contributed by atoms with van der Waals surface area (Å²) in [5, 5.41) is 5.37. The van der Waals surface area contributed by atoms with Gasteiger partial charge in [-0.2, -0.15) is 0 Å². The summed E-state index contributed by atoms with van der Waals surface area (Å²) in [4.78, 5) is 23.2. The number of carbonyl (C=O) groups excluding carboxylic acids is 2. The lowest BCUT2D eigenvalue weighted by atomic mass is 10.2. The lowest BCUT2D eigenvalue weighted by molar-refractivity contribution is -0.129. The molecule has 0 unspecified atom stereocenters. The molecule has 7 nitrogen and oxygen atoms in total. The Hall–Kier alpha value is -2.28. The van der Waals surface area contributed by atoms with E-state index in [0.717, 1.165) is 12.0 Å². The van der Waals surface area contributed by atoms with E-state index in [1.165, 1.54) is 0 Å². The van der Waals surface area contributed by atoms with E-state index < -0.39 is 0 Å². The minimum Gasteiger partial charge on any atom is -0.454 e. The molecule has 2 rings (SSSR count). The predicted molar refractivity (Wildman–Crippen MR) is 78.5 cm³/mol. The van der Waals surface area contributed by atoms with Crippen molar-refractivity contribution in [2.24, 2.45) is 0 Å². The molecule has 0 bridgehead atoms. The van der Waals surface area contributed by atoms with Crippen LogP contribution in [0.3, 0.4) is 0 Å². The Kier molecular flexibility index (Phi) is 6.02. The third kappa shape index (κ3) is 4.92. The Morgan fingerprint density at radius 3 is 2.77 bits per heavy atom. The van der Waals surface area contributed by atoms with Crippen LogP contribution in [0.2, 0.25) is 0 Å². The van der Waals surface area contributed by atoms with Crippen LogP contribution in [-0.2, 0) is 20.9 Å². The van der Waals surface area contributed by atoms with Gasteiger partial charge in [0.25, 0.3) is 0 Å². The standard InChI is InChI=1S/C15H20N2O5/c1-20-6-2-5-16-14(18)8-15(19)17-9-11-3-4-12-13(7-11)22-10-21-12/h3-4,7H,2,5-6,8-10H2,1H3,(H,16,18)(H,17,19). The molecule has 2 amide bonds. The van der Waals surface area contributed by atoms with Gasteiger partial charge in [0.1, 0.15) is 6.42 Å². The fraction of sp³-hybridized carbons (Fsp3) is 0.467. The first-order chi connectivity index (χ1) is 10.7. The topological polar surface area (TPSA) is 85.9 Å². The van der Waals surface area contributed by atoms with Gasteiger partial charge in [-0.05, 0) is 24.1 Å². The van der Waals surface area contributed by atoms with E-state index in [9.17, 15) is 9.59 Å². The van der Waals surface area contributed by atoms with Crippen LogP contribution in [0.15, 0.2) is 18.2 Å². The number of rotatable bonds is 8. The largest absolute Gasteiger partial charge is 0.454 e. The summed E-state index contributed by atoms with van der Waals surface area (Å²) in [6.07, 6.45) is 0.540. The number of benzene rings is 1. The van der Waals surface area contributed by atoms with Crippen molar-refractivity contribution in [2.45, 2.75) is 19.4 Å². The molecule has 120 valence electrons. The van der Waals surface area contributed by atoms with Gasteiger partial charge in [-0.15, -0.1) is 0 Å². The average molecular weight is 308 g/mol. The molecule has 1 heterocycles. The first-order valence-electron chi connectivity index (χ1n) is 7.10. The second kappa shape index (κ2) is 8.23. The Labute approximate surface area is 128 Å². The van der Waals surface area contributed by atoms with Crippen molar-refractivity contribution in [3.63, 3.8) is 0 Å². The minimum atomic E-state index is -0.318. The highest BCUT2D eigenvalue weighted by molar-refractivity contribution is 5.96. The summed E-state index contributed by atoms with van der Waals surface area (Å²) < 4.78 is 15.4. The minimum absolute atomic E-state index is 0.183. The zero-order valence-corrected chi connectivity index (χ0v) is 12.5. The summed E-state index contributed by atoms with van der Waals surface area (Å²) >= 11 is 0. The molecule has 1 aliphatic rings. The van der Waals surface area contributed by atoms with E-state index in [2.05, 4.69) is 10.6 Å². The molecule has 0 radical (unpaired) electrons. The van der Waals surface area contributed by atoms with Gasteiger partial charge in [-0.25, -0.2) is 0 Å². The van der Waals surface area contributed by atoms with Crippen molar-refractivity contribution < 1.29 is 23.8 Å². The van der Waals surface area contributed by atoms with Crippen LogP contribution in [0.25, 0.3) is 0 Å². The van der Waals surface area contributed by atoms with E-state index in [-0.39, 0.29) is 25.0 Å². The summed E-state index contributed by atoms with van der Waals surface area (Å²) in [5.41, 5.74) is 0.887. The first kappa shape index (κ1) is 16.1. The lowest BCUT2D eigenvalue weighted by Crippen LogP contribution is -2.32. The molecular weight excluding hydrogens is 288 g/mol. The number of methoxy groups -OCH3 is 1. The van der Waals surface area contributed by atoms with E-state index in [0.29, 0.717) is 31.2 Å². The molecule has 0 spiro atoms. The maximum atomic E-state index is 11.7. The zero-order chi connectivity index (χ0) is 15.8. The van der Waals surface area contributed by atoms with Gasteiger partial charge in [-0.1, -0.05) is 6.07 Å². The highest BCUT2D eigenvalue weighted by Gasteiger charge is 2.14. The molecule has 0 fully saturated rings. The fourth-order valence-corrected chi connectivity index (χ4v) is 1.97. The van der Waals surface area contributed by atoms with Crippen molar-refractivity contribution in [2.75, 3.05) is 27.1 Å². The van der Waals surface area contributed by atoms with E-state index in [4.69, 9.17) is 14.2 Å². The molecule has 1 aromatic rings. The van der Waals surface area contributed by atoms with Crippen molar-refractivity contribution in [1.29, 1.82) is 0 Å². The van der Waals surface area contributed by atoms with Crippen LogP contribution in [0.1, 0.15) is 18.4 Å². The average Bonchev–Trinajstić information content (AvgIpc) is 2.97. The summed E-state index contributed by atoms with van der Waals surface area (Å²) in [6, 6.07) is 5.46. The second-order valence-electron chi connectivity index (χ2n) is 4.84. The monoisotopic (exact) mass is 308 g/mol. The maximum Gasteiger partial charge on any atom is 0.231 e. The van der Waals surface area contributed by atoms with Crippen molar-refractivity contribution in [3.05, 3.63) is 23.8 Å². The van der Waals surface area contributed by atoms with Gasteiger partial charge >= 0.3 is 0 Å². The fourth-order valence-electron chi connectivity index (χ4n) is 1.97. The molecule has 22 heavy (non-hydrogen) atoms. The van der Waals surface area contributed by atoms with E-state index >= 15 is 0 Å². The predicted octanol–water partition coefficient (Wildman–Crippen LogP) is 0.574. The van der Waals surface area contributed by atoms with Crippen LogP contribution in [0.4, 0.5) is 0 Å². The number of hydrogen-bond donors (Lipinski definition) is 2. The Balaban J connectivity index is 1.68. The van der Waals surface area contributed by atoms with E-state index in [1.807, 2.05) is 12.1 Å². The SMILES string of the molecule is COCCCNC(=O)CC(=O)NCc1ccc2c(c1)OCO2. The molecule has 2 N–H and O–H groups in total. The summed E-state index contributed by atoms with van der Waals surface area (Å²) in [7, 11) is 1.60. The van der Waals surface area contributed by atoms with Crippen molar-refractivity contribution >= 4 is 11.8 Å². The molecule has 0 saturated carbocycles. The third-order valence-electron chi connectivity index (χ3n) is 3.10. The highest BCUT2D eigenvalue weighted by Crippen LogP contribution is 2.32. The molecule has 7 heteroatoms. The van der Waals surface area contributed by atoms with Gasteiger partial charge in [0.15, 0.2) is 11.5 Å². The Bertz CT molecular complexity index is 533. The number of fused-ring (bicyclic) bond motifs is 1.